The van der Waals surface area contributed by atoms with Crippen molar-refractivity contribution >= 4 is 0 Å². The summed E-state index contributed by atoms with van der Waals surface area (Å²) in [7, 11) is 4.55. The van der Waals surface area contributed by atoms with Crippen molar-refractivity contribution < 1.29 is 9.59 Å². The van der Waals surface area contributed by atoms with Crippen molar-refractivity contribution in [2.24, 2.45) is 0 Å². The molecule has 166 valence electrons. The molecule has 2 aromatic carbocycles. The van der Waals surface area contributed by atoms with Crippen molar-refractivity contribution in [3.8, 4) is 0 Å². The zero-order chi connectivity index (χ0) is 21.7. The van der Waals surface area contributed by atoms with Crippen molar-refractivity contribution in [2.75, 3.05) is 20.6 Å². The van der Waals surface area contributed by atoms with Crippen LogP contribution in [-0.2, 0) is 0 Å². The van der Waals surface area contributed by atoms with Crippen LogP contribution in [0.25, 0.3) is 0 Å². The number of rotatable bonds is 15. The maximum absolute atomic E-state index is 11.3. The van der Waals surface area contributed by atoms with E-state index in [-0.39, 0.29) is 6.04 Å². The summed E-state index contributed by atoms with van der Waals surface area (Å²) >= 11 is 0. The Morgan fingerprint density at radius 3 is 1.57 bits per heavy atom. The minimum absolute atomic E-state index is 0.0344. The minimum atomic E-state index is -0.508. The molecule has 0 aliphatic rings. The van der Waals surface area contributed by atoms with Gasteiger partial charge < -0.3 is 9.59 Å². The van der Waals surface area contributed by atoms with E-state index in [0.29, 0.717) is 0 Å². The van der Waals surface area contributed by atoms with Crippen LogP contribution in [0.4, 0.5) is 0 Å². The second-order valence-corrected chi connectivity index (χ2v) is 9.40. The lowest BCUT2D eigenvalue weighted by Gasteiger charge is -2.41. The van der Waals surface area contributed by atoms with Crippen LogP contribution in [0.3, 0.4) is 0 Å². The Hall–Kier alpha value is -1.64. The van der Waals surface area contributed by atoms with Gasteiger partial charge in [-0.15, -0.1) is 0 Å². The molecule has 0 bridgehead atoms. The SMILES string of the molecule is CCCCCCCCCCCC[N+](C)(C)C(c1ccccc1)C(O)c1ccccc1. The predicted molar refractivity (Wildman–Crippen MR) is 129 cm³/mol. The van der Waals surface area contributed by atoms with Crippen LogP contribution < -0.4 is 0 Å². The first kappa shape index (κ1) is 24.6. The second kappa shape index (κ2) is 13.6. The van der Waals surface area contributed by atoms with Crippen LogP contribution >= 0.6 is 0 Å². The molecule has 0 aliphatic carbocycles. The Labute approximate surface area is 185 Å². The summed E-state index contributed by atoms with van der Waals surface area (Å²) in [5.74, 6) is 0. The normalized spacial score (nSPS) is 13.9. The van der Waals surface area contributed by atoms with Crippen molar-refractivity contribution in [1.82, 2.24) is 0 Å². The van der Waals surface area contributed by atoms with E-state index in [2.05, 4.69) is 51.4 Å². The lowest BCUT2D eigenvalue weighted by Crippen LogP contribution is -2.46. The van der Waals surface area contributed by atoms with Gasteiger partial charge >= 0.3 is 0 Å². The Kier molecular flexibility index (Phi) is 11.2. The molecule has 0 aromatic heterocycles. The zero-order valence-electron chi connectivity index (χ0n) is 19.6. The third-order valence-corrected chi connectivity index (χ3v) is 6.42. The first-order valence-corrected chi connectivity index (χ1v) is 12.2. The van der Waals surface area contributed by atoms with E-state index < -0.39 is 6.10 Å². The number of quaternary nitrogens is 1. The molecule has 0 saturated heterocycles. The van der Waals surface area contributed by atoms with Gasteiger partial charge in [0.15, 0.2) is 0 Å². The summed E-state index contributed by atoms with van der Waals surface area (Å²) in [6.07, 6.45) is 13.0. The molecular weight excluding hydrogens is 366 g/mol. The standard InChI is InChI=1S/C28H44NO/c1-4-5-6-7-8-9-10-11-12-19-24-29(2,3)27(25-20-15-13-16-21-25)28(30)26-22-17-14-18-23-26/h13-18,20-23,27-28,30H,4-12,19,24H2,1-3H3/q+1. The number of nitrogens with zero attached hydrogens (tertiary/aromatic N) is 1. The molecule has 1 N–H and O–H groups in total. The van der Waals surface area contributed by atoms with Gasteiger partial charge in [0, 0.05) is 5.56 Å². The monoisotopic (exact) mass is 410 g/mol. The summed E-state index contributed by atoms with van der Waals surface area (Å²) in [6, 6.07) is 20.7. The molecule has 0 radical (unpaired) electrons. The van der Waals surface area contributed by atoms with E-state index in [4.69, 9.17) is 0 Å². The van der Waals surface area contributed by atoms with Crippen LogP contribution in [0, 0.1) is 0 Å². The predicted octanol–water partition coefficient (Wildman–Crippen LogP) is 7.46. The third-order valence-electron chi connectivity index (χ3n) is 6.42. The van der Waals surface area contributed by atoms with Gasteiger partial charge in [0.1, 0.15) is 12.1 Å². The Balaban J connectivity index is 1.87. The van der Waals surface area contributed by atoms with E-state index in [1.165, 1.54) is 69.8 Å². The Morgan fingerprint density at radius 2 is 1.07 bits per heavy atom. The van der Waals surface area contributed by atoms with Crippen molar-refractivity contribution in [2.45, 2.75) is 83.3 Å². The molecule has 30 heavy (non-hydrogen) atoms. The van der Waals surface area contributed by atoms with Gasteiger partial charge in [-0.05, 0) is 18.4 Å². The highest BCUT2D eigenvalue weighted by Gasteiger charge is 2.36. The molecule has 0 saturated carbocycles. The molecule has 0 aliphatic heterocycles. The summed E-state index contributed by atoms with van der Waals surface area (Å²) in [6.45, 7) is 3.36. The lowest BCUT2D eigenvalue weighted by atomic mass is 9.92. The molecule has 2 unspecified atom stereocenters. The molecule has 2 heteroatoms. The number of likely N-dealkylation sites (N-methyl/N-ethyl adjacent to an activating group) is 1. The number of unbranched alkanes of at least 4 members (excludes halogenated alkanes) is 9. The van der Waals surface area contributed by atoms with Gasteiger partial charge in [-0.3, -0.25) is 0 Å². The molecule has 0 amide bonds. The number of hydrogen-bond acceptors (Lipinski definition) is 1. The minimum Gasteiger partial charge on any atom is -0.382 e. The maximum atomic E-state index is 11.3. The summed E-state index contributed by atoms with van der Waals surface area (Å²) < 4.78 is 0.803. The van der Waals surface area contributed by atoms with Gasteiger partial charge in [-0.2, -0.15) is 0 Å². The van der Waals surface area contributed by atoms with Crippen molar-refractivity contribution in [3.05, 3.63) is 71.8 Å². The highest BCUT2D eigenvalue weighted by molar-refractivity contribution is 5.25. The molecule has 2 aromatic rings. The van der Waals surface area contributed by atoms with Gasteiger partial charge in [0.25, 0.3) is 0 Å². The highest BCUT2D eigenvalue weighted by Crippen LogP contribution is 2.37. The van der Waals surface area contributed by atoms with E-state index >= 15 is 0 Å². The average Bonchev–Trinajstić information content (AvgIpc) is 2.76. The van der Waals surface area contributed by atoms with E-state index in [0.717, 1.165) is 16.6 Å². The highest BCUT2D eigenvalue weighted by atomic mass is 16.3. The summed E-state index contributed by atoms with van der Waals surface area (Å²) in [4.78, 5) is 0. The van der Waals surface area contributed by atoms with Crippen LogP contribution in [0.2, 0.25) is 0 Å². The van der Waals surface area contributed by atoms with E-state index in [1.807, 2.05) is 30.3 Å². The zero-order valence-corrected chi connectivity index (χ0v) is 19.6. The largest absolute Gasteiger partial charge is 0.382 e. The summed E-state index contributed by atoms with van der Waals surface area (Å²) in [5.41, 5.74) is 2.21. The number of aliphatic hydroxyl groups excluding tert-OH is 1. The molecule has 2 nitrogen and oxygen atoms in total. The van der Waals surface area contributed by atoms with E-state index in [1.54, 1.807) is 0 Å². The maximum Gasteiger partial charge on any atom is 0.145 e. The van der Waals surface area contributed by atoms with Crippen molar-refractivity contribution in [1.29, 1.82) is 0 Å². The summed E-state index contributed by atoms with van der Waals surface area (Å²) in [5, 5.41) is 11.3. The van der Waals surface area contributed by atoms with Crippen LogP contribution in [0.1, 0.15) is 94.4 Å². The topological polar surface area (TPSA) is 20.2 Å². The fraction of sp³-hybridized carbons (Fsp3) is 0.571. The van der Waals surface area contributed by atoms with Gasteiger partial charge in [0.2, 0.25) is 0 Å². The molecule has 0 heterocycles. The van der Waals surface area contributed by atoms with Crippen LogP contribution in [0.15, 0.2) is 60.7 Å². The number of hydrogen-bond donors (Lipinski definition) is 1. The molecule has 0 fully saturated rings. The van der Waals surface area contributed by atoms with Gasteiger partial charge in [0.05, 0.1) is 20.6 Å². The fourth-order valence-electron chi connectivity index (χ4n) is 4.60. The number of aliphatic hydroxyl groups is 1. The van der Waals surface area contributed by atoms with Crippen LogP contribution in [-0.4, -0.2) is 30.2 Å². The Morgan fingerprint density at radius 1 is 0.633 bits per heavy atom. The van der Waals surface area contributed by atoms with E-state index in [9.17, 15) is 5.11 Å². The molecular formula is C28H44NO+. The lowest BCUT2D eigenvalue weighted by molar-refractivity contribution is -0.926. The Bertz CT molecular complexity index is 668. The first-order chi connectivity index (χ1) is 14.6. The quantitative estimate of drug-likeness (QED) is 0.239. The second-order valence-electron chi connectivity index (χ2n) is 9.40. The van der Waals surface area contributed by atoms with Crippen LogP contribution in [0.5, 0.6) is 0 Å². The fourth-order valence-corrected chi connectivity index (χ4v) is 4.60. The average molecular weight is 411 g/mol. The number of benzene rings is 2. The molecule has 2 rings (SSSR count). The van der Waals surface area contributed by atoms with Gasteiger partial charge in [-0.25, -0.2) is 0 Å². The van der Waals surface area contributed by atoms with Gasteiger partial charge in [-0.1, -0.05) is 119 Å². The van der Waals surface area contributed by atoms with Crippen molar-refractivity contribution in [3.63, 3.8) is 0 Å². The smallest absolute Gasteiger partial charge is 0.145 e. The molecule has 0 spiro atoms. The first-order valence-electron chi connectivity index (χ1n) is 12.2. The molecule has 2 atom stereocenters. The third kappa shape index (κ3) is 8.24.